The van der Waals surface area contributed by atoms with Crippen LogP contribution in [0.5, 0.6) is 0 Å². The van der Waals surface area contributed by atoms with E-state index in [0.29, 0.717) is 11.9 Å². The van der Waals surface area contributed by atoms with Gasteiger partial charge in [-0.15, -0.1) is 0 Å². The maximum Gasteiger partial charge on any atom is 0.320 e. The van der Waals surface area contributed by atoms with Crippen molar-refractivity contribution >= 4 is 28.9 Å². The van der Waals surface area contributed by atoms with Gasteiger partial charge >= 0.3 is 6.03 Å². The average molecular weight is 353 g/mol. The van der Waals surface area contributed by atoms with E-state index >= 15 is 0 Å². The third-order valence-corrected chi connectivity index (χ3v) is 4.45. The topological polar surface area (TPSA) is 78.5 Å². The number of nitrogens with zero attached hydrogens (tertiary/aromatic N) is 2. The Balaban J connectivity index is 1.41. The first-order valence-corrected chi connectivity index (χ1v) is 9.00. The molecule has 26 heavy (non-hydrogen) atoms. The van der Waals surface area contributed by atoms with E-state index in [1.54, 1.807) is 12.3 Å². The highest BCUT2D eigenvalue weighted by atomic mass is 16.5. The molecule has 2 fully saturated rings. The third-order valence-electron chi connectivity index (χ3n) is 4.45. The molecule has 1 saturated heterocycles. The molecule has 0 atom stereocenters. The van der Waals surface area contributed by atoms with Crippen LogP contribution >= 0.6 is 0 Å². The first kappa shape index (κ1) is 16.7. The second-order valence-electron chi connectivity index (χ2n) is 6.55. The minimum Gasteiger partial charge on any atom is -0.378 e. The van der Waals surface area contributed by atoms with Crippen molar-refractivity contribution in [2.75, 3.05) is 41.8 Å². The number of morpholine rings is 1. The van der Waals surface area contributed by atoms with E-state index in [-0.39, 0.29) is 6.03 Å². The maximum atomic E-state index is 11.8. The van der Waals surface area contributed by atoms with Crippen molar-refractivity contribution in [3.63, 3.8) is 0 Å². The van der Waals surface area contributed by atoms with E-state index in [9.17, 15) is 4.79 Å². The number of anilines is 4. The smallest absolute Gasteiger partial charge is 0.320 e. The molecule has 4 rings (SSSR count). The van der Waals surface area contributed by atoms with Crippen molar-refractivity contribution < 1.29 is 9.53 Å². The van der Waals surface area contributed by atoms with E-state index in [0.717, 1.165) is 56.2 Å². The van der Waals surface area contributed by atoms with Crippen LogP contribution in [0.15, 0.2) is 42.6 Å². The van der Waals surface area contributed by atoms with Crippen molar-refractivity contribution in [1.29, 1.82) is 0 Å². The molecule has 2 heterocycles. The summed E-state index contributed by atoms with van der Waals surface area (Å²) in [6.07, 6.45) is 3.85. The first-order chi connectivity index (χ1) is 12.8. The predicted octanol–water partition coefficient (Wildman–Crippen LogP) is 2.95. The van der Waals surface area contributed by atoms with Crippen molar-refractivity contribution in [2.45, 2.75) is 18.9 Å². The minimum absolute atomic E-state index is 0.196. The number of aromatic nitrogens is 1. The molecule has 0 spiro atoms. The Morgan fingerprint density at radius 1 is 1.12 bits per heavy atom. The minimum atomic E-state index is -0.196. The van der Waals surface area contributed by atoms with Crippen molar-refractivity contribution in [3.05, 3.63) is 42.6 Å². The number of carbonyl (C=O) groups is 1. The van der Waals surface area contributed by atoms with Gasteiger partial charge in [-0.1, -0.05) is 12.1 Å². The molecule has 7 nitrogen and oxygen atoms in total. The van der Waals surface area contributed by atoms with Gasteiger partial charge < -0.3 is 20.3 Å². The second-order valence-corrected chi connectivity index (χ2v) is 6.55. The fraction of sp³-hybridized carbons (Fsp3) is 0.368. The highest BCUT2D eigenvalue weighted by Crippen LogP contribution is 2.29. The van der Waals surface area contributed by atoms with E-state index in [1.807, 2.05) is 18.2 Å². The number of hydrogen-bond acceptors (Lipinski definition) is 5. The molecular formula is C19H23N5O2. The number of urea groups is 1. The number of pyridine rings is 1. The lowest BCUT2D eigenvalue weighted by Gasteiger charge is -2.30. The van der Waals surface area contributed by atoms with Crippen LogP contribution in [0.2, 0.25) is 0 Å². The van der Waals surface area contributed by atoms with Crippen LogP contribution in [-0.2, 0) is 4.74 Å². The molecule has 2 aromatic rings. The highest BCUT2D eigenvalue weighted by molar-refractivity contribution is 5.88. The molecule has 1 aliphatic heterocycles. The zero-order chi connectivity index (χ0) is 17.8. The Labute approximate surface area is 152 Å². The molecule has 3 N–H and O–H groups in total. The van der Waals surface area contributed by atoms with Gasteiger partial charge in [-0.25, -0.2) is 9.78 Å². The standard InChI is InChI=1S/C19H23N5O2/c25-19(22-14-5-6-14)23-18-8-7-15(13-20-18)21-16-3-1-2-4-17(16)24-9-11-26-12-10-24/h1-4,7-8,13-14,21H,5-6,9-12H2,(H2,20,22,23,25). The number of nitrogens with one attached hydrogen (secondary N) is 3. The van der Waals surface area contributed by atoms with E-state index in [2.05, 4.69) is 38.0 Å². The average Bonchev–Trinajstić information content (AvgIpc) is 3.48. The SMILES string of the molecule is O=C(Nc1ccc(Nc2ccccc2N2CCOCC2)cn1)NC1CC1. The number of amides is 2. The molecule has 0 bridgehead atoms. The Bertz CT molecular complexity index is 755. The molecule has 1 aromatic carbocycles. The first-order valence-electron chi connectivity index (χ1n) is 9.00. The van der Waals surface area contributed by atoms with Gasteiger partial charge in [0.25, 0.3) is 0 Å². The summed E-state index contributed by atoms with van der Waals surface area (Å²) in [4.78, 5) is 18.4. The molecular weight excluding hydrogens is 330 g/mol. The zero-order valence-corrected chi connectivity index (χ0v) is 14.6. The fourth-order valence-corrected chi connectivity index (χ4v) is 2.92. The molecule has 0 radical (unpaired) electrons. The summed E-state index contributed by atoms with van der Waals surface area (Å²) in [5, 5.41) is 9.05. The molecule has 136 valence electrons. The normalized spacial score (nSPS) is 16.8. The lowest BCUT2D eigenvalue weighted by atomic mass is 10.2. The quantitative estimate of drug-likeness (QED) is 0.770. The van der Waals surface area contributed by atoms with Crippen LogP contribution in [0, 0.1) is 0 Å². The molecule has 1 aromatic heterocycles. The lowest BCUT2D eigenvalue weighted by molar-refractivity contribution is 0.123. The summed E-state index contributed by atoms with van der Waals surface area (Å²) in [7, 11) is 0. The summed E-state index contributed by atoms with van der Waals surface area (Å²) in [5.74, 6) is 0.537. The molecule has 0 unspecified atom stereocenters. The largest absolute Gasteiger partial charge is 0.378 e. The van der Waals surface area contributed by atoms with Crippen LogP contribution < -0.4 is 20.9 Å². The van der Waals surface area contributed by atoms with Crippen molar-refractivity contribution in [2.24, 2.45) is 0 Å². The zero-order valence-electron chi connectivity index (χ0n) is 14.6. The fourth-order valence-electron chi connectivity index (χ4n) is 2.92. The molecule has 1 saturated carbocycles. The van der Waals surface area contributed by atoms with Gasteiger partial charge in [0.15, 0.2) is 0 Å². The molecule has 2 aliphatic rings. The molecule has 7 heteroatoms. The van der Waals surface area contributed by atoms with Gasteiger partial charge in [0.1, 0.15) is 5.82 Å². The predicted molar refractivity (Wildman–Crippen MR) is 102 cm³/mol. The van der Waals surface area contributed by atoms with Crippen LogP contribution in [0.25, 0.3) is 0 Å². The Morgan fingerprint density at radius 3 is 2.65 bits per heavy atom. The van der Waals surface area contributed by atoms with Gasteiger partial charge in [0, 0.05) is 19.1 Å². The van der Waals surface area contributed by atoms with Gasteiger partial charge in [-0.2, -0.15) is 0 Å². The second kappa shape index (κ2) is 7.61. The van der Waals surface area contributed by atoms with Gasteiger partial charge in [-0.05, 0) is 37.1 Å². The number of para-hydroxylation sites is 2. The summed E-state index contributed by atoms with van der Waals surface area (Å²) < 4.78 is 5.44. The van der Waals surface area contributed by atoms with Gasteiger partial charge in [0.05, 0.1) is 36.5 Å². The van der Waals surface area contributed by atoms with Crippen molar-refractivity contribution in [1.82, 2.24) is 10.3 Å². The number of rotatable bonds is 5. The maximum absolute atomic E-state index is 11.8. The summed E-state index contributed by atoms with van der Waals surface area (Å²) in [6, 6.07) is 12.1. The van der Waals surface area contributed by atoms with Crippen LogP contribution in [0.1, 0.15) is 12.8 Å². The number of ether oxygens (including phenoxy) is 1. The summed E-state index contributed by atoms with van der Waals surface area (Å²) in [5.41, 5.74) is 3.06. The lowest BCUT2D eigenvalue weighted by Crippen LogP contribution is -2.36. The number of benzene rings is 1. The third kappa shape index (κ3) is 4.23. The molecule has 2 amide bonds. The van der Waals surface area contributed by atoms with Gasteiger partial charge in [-0.3, -0.25) is 5.32 Å². The Hall–Kier alpha value is -2.80. The van der Waals surface area contributed by atoms with E-state index in [1.165, 1.54) is 0 Å². The van der Waals surface area contributed by atoms with Crippen LogP contribution in [0.3, 0.4) is 0 Å². The Morgan fingerprint density at radius 2 is 1.92 bits per heavy atom. The highest BCUT2D eigenvalue weighted by Gasteiger charge is 2.23. The Kier molecular flexibility index (Phi) is 4.88. The molecule has 1 aliphatic carbocycles. The van der Waals surface area contributed by atoms with Crippen molar-refractivity contribution in [3.8, 4) is 0 Å². The number of carbonyl (C=O) groups excluding carboxylic acids is 1. The summed E-state index contributed by atoms with van der Waals surface area (Å²) in [6.45, 7) is 3.27. The monoisotopic (exact) mass is 353 g/mol. The van der Waals surface area contributed by atoms with E-state index in [4.69, 9.17) is 4.74 Å². The van der Waals surface area contributed by atoms with Crippen LogP contribution in [-0.4, -0.2) is 43.4 Å². The number of hydrogen-bond donors (Lipinski definition) is 3. The van der Waals surface area contributed by atoms with Gasteiger partial charge in [0.2, 0.25) is 0 Å². The van der Waals surface area contributed by atoms with E-state index < -0.39 is 0 Å². The summed E-state index contributed by atoms with van der Waals surface area (Å²) >= 11 is 0. The van der Waals surface area contributed by atoms with Crippen LogP contribution in [0.4, 0.5) is 27.7 Å².